The Bertz CT molecular complexity index is 1060. The highest BCUT2D eigenvalue weighted by Gasteiger charge is 2.15. The maximum Gasteiger partial charge on any atom is 0.289 e. The molecule has 0 aliphatic heterocycles. The molecule has 1 aromatic carbocycles. The monoisotopic (exact) mass is 410 g/mol. The molecular weight excluding hydrogens is 384 g/mol. The van der Waals surface area contributed by atoms with Crippen LogP contribution in [-0.4, -0.2) is 34.9 Å². The molecule has 0 spiro atoms. The summed E-state index contributed by atoms with van der Waals surface area (Å²) >= 11 is 0. The number of imidazole rings is 1. The summed E-state index contributed by atoms with van der Waals surface area (Å²) in [5.74, 6) is 0.564. The summed E-state index contributed by atoms with van der Waals surface area (Å²) in [7, 11) is 1.51. The number of ether oxygens (including phenoxy) is 2. The number of rotatable bonds is 7. The zero-order chi connectivity index (χ0) is 21.7. The number of fused-ring (bicyclic) bond motifs is 1. The fourth-order valence-corrected chi connectivity index (χ4v) is 2.78. The van der Waals surface area contributed by atoms with E-state index < -0.39 is 11.8 Å². The van der Waals surface area contributed by atoms with Crippen molar-refractivity contribution in [3.8, 4) is 11.5 Å². The van der Waals surface area contributed by atoms with Crippen LogP contribution in [0.5, 0.6) is 11.5 Å². The number of methoxy groups -OCH3 is 1. The number of nitrogens with one attached hydrogen (secondary N) is 2. The van der Waals surface area contributed by atoms with Crippen molar-refractivity contribution in [3.05, 3.63) is 59.5 Å². The van der Waals surface area contributed by atoms with Gasteiger partial charge < -0.3 is 13.9 Å². The summed E-state index contributed by atoms with van der Waals surface area (Å²) in [5.41, 5.74) is 7.01. The van der Waals surface area contributed by atoms with E-state index in [1.54, 1.807) is 28.8 Å². The Labute approximate surface area is 175 Å². The molecule has 30 heavy (non-hydrogen) atoms. The number of hydrogen-bond acceptors (Lipinski definition) is 5. The first-order chi connectivity index (χ1) is 14.4. The van der Waals surface area contributed by atoms with Gasteiger partial charge in [-0.3, -0.25) is 20.4 Å². The van der Waals surface area contributed by atoms with Gasteiger partial charge in [-0.1, -0.05) is 13.8 Å². The van der Waals surface area contributed by atoms with Crippen molar-refractivity contribution in [3.63, 3.8) is 0 Å². The zero-order valence-corrected chi connectivity index (χ0v) is 17.6. The largest absolute Gasteiger partial charge is 0.493 e. The second-order valence-electron chi connectivity index (χ2n) is 7.40. The first kappa shape index (κ1) is 21.2. The highest BCUT2D eigenvalue weighted by molar-refractivity contribution is 5.98. The van der Waals surface area contributed by atoms with Crippen molar-refractivity contribution in [2.45, 2.75) is 27.2 Å². The fourth-order valence-electron chi connectivity index (χ4n) is 2.78. The molecule has 0 aliphatic carbocycles. The molecule has 158 valence electrons. The van der Waals surface area contributed by atoms with Gasteiger partial charge in [0.05, 0.1) is 13.7 Å². The Balaban J connectivity index is 1.62. The highest BCUT2D eigenvalue weighted by atomic mass is 16.5. The molecular formula is C22H26N4O4. The Hall–Kier alpha value is -3.55. The molecule has 3 rings (SSSR count). The molecule has 2 heterocycles. The Morgan fingerprint density at radius 1 is 1.10 bits per heavy atom. The van der Waals surface area contributed by atoms with E-state index in [2.05, 4.69) is 29.7 Å². The van der Waals surface area contributed by atoms with Crippen molar-refractivity contribution >= 4 is 17.5 Å². The van der Waals surface area contributed by atoms with Crippen LogP contribution in [0.1, 0.15) is 46.7 Å². The van der Waals surface area contributed by atoms with Gasteiger partial charge in [0.2, 0.25) is 0 Å². The molecule has 3 aromatic rings. The topological polar surface area (TPSA) is 94.0 Å². The normalized spacial score (nSPS) is 10.8. The van der Waals surface area contributed by atoms with Crippen LogP contribution in [-0.2, 0) is 0 Å². The van der Waals surface area contributed by atoms with Crippen molar-refractivity contribution in [1.82, 2.24) is 20.2 Å². The molecule has 0 bridgehead atoms. The maximum absolute atomic E-state index is 12.4. The predicted molar refractivity (Wildman–Crippen MR) is 113 cm³/mol. The molecule has 0 atom stereocenters. The van der Waals surface area contributed by atoms with Crippen LogP contribution in [0.4, 0.5) is 0 Å². The van der Waals surface area contributed by atoms with Crippen LogP contribution in [0.25, 0.3) is 5.65 Å². The van der Waals surface area contributed by atoms with Gasteiger partial charge in [0.25, 0.3) is 11.8 Å². The van der Waals surface area contributed by atoms with Crippen LogP contribution in [0.2, 0.25) is 0 Å². The van der Waals surface area contributed by atoms with Gasteiger partial charge in [0, 0.05) is 18.0 Å². The van der Waals surface area contributed by atoms with Crippen LogP contribution in [0, 0.1) is 12.8 Å². The lowest BCUT2D eigenvalue weighted by Crippen LogP contribution is -2.41. The van der Waals surface area contributed by atoms with Gasteiger partial charge >= 0.3 is 0 Å². The molecule has 0 saturated carbocycles. The number of carbonyl (C=O) groups is 2. The minimum atomic E-state index is -0.509. The Morgan fingerprint density at radius 2 is 1.87 bits per heavy atom. The van der Waals surface area contributed by atoms with E-state index in [1.165, 1.54) is 7.11 Å². The van der Waals surface area contributed by atoms with Gasteiger partial charge in [0.15, 0.2) is 11.5 Å². The highest BCUT2D eigenvalue weighted by Crippen LogP contribution is 2.28. The molecule has 2 amide bonds. The molecule has 0 radical (unpaired) electrons. The Kier molecular flexibility index (Phi) is 6.56. The van der Waals surface area contributed by atoms with Crippen molar-refractivity contribution in [2.24, 2.45) is 5.92 Å². The number of carbonyl (C=O) groups excluding carboxylic acids is 2. The van der Waals surface area contributed by atoms with Gasteiger partial charge in [-0.05, 0) is 55.2 Å². The quantitative estimate of drug-likeness (QED) is 0.584. The summed E-state index contributed by atoms with van der Waals surface area (Å²) < 4.78 is 12.8. The molecule has 0 unspecified atom stereocenters. The Morgan fingerprint density at radius 3 is 2.60 bits per heavy atom. The third kappa shape index (κ3) is 5.08. The first-order valence-electron chi connectivity index (χ1n) is 9.74. The zero-order valence-electron chi connectivity index (χ0n) is 17.6. The van der Waals surface area contributed by atoms with Crippen molar-refractivity contribution < 1.29 is 19.1 Å². The van der Waals surface area contributed by atoms with Gasteiger partial charge in [-0.2, -0.15) is 0 Å². The van der Waals surface area contributed by atoms with E-state index in [0.717, 1.165) is 12.0 Å². The second kappa shape index (κ2) is 9.30. The minimum Gasteiger partial charge on any atom is -0.493 e. The average molecular weight is 410 g/mol. The number of benzene rings is 1. The molecule has 0 aliphatic rings. The minimum absolute atomic E-state index is 0.201. The predicted octanol–water partition coefficient (Wildman–Crippen LogP) is 3.15. The summed E-state index contributed by atoms with van der Waals surface area (Å²) in [6, 6.07) is 8.65. The average Bonchev–Trinajstić information content (AvgIpc) is 3.15. The van der Waals surface area contributed by atoms with Crippen LogP contribution < -0.4 is 20.3 Å². The van der Waals surface area contributed by atoms with Crippen molar-refractivity contribution in [1.29, 1.82) is 0 Å². The number of amides is 2. The standard InChI is InChI=1S/C22H26N4O4/c1-14(2)8-10-30-18-6-5-16(12-19(18)29-4)21(27)24-25-22(28)17-13-26-9-7-15(3)11-20(26)23-17/h5-7,9,11-14H,8,10H2,1-4H3,(H,24,27)(H,25,28). The van der Waals surface area contributed by atoms with Gasteiger partial charge in [-0.15, -0.1) is 0 Å². The first-order valence-corrected chi connectivity index (χ1v) is 9.74. The summed E-state index contributed by atoms with van der Waals surface area (Å²) in [5, 5.41) is 0. The number of hydrogen-bond donors (Lipinski definition) is 2. The van der Waals surface area contributed by atoms with E-state index in [0.29, 0.717) is 35.2 Å². The summed E-state index contributed by atoms with van der Waals surface area (Å²) in [6.45, 7) is 6.75. The summed E-state index contributed by atoms with van der Waals surface area (Å²) in [6.07, 6.45) is 4.34. The lowest BCUT2D eigenvalue weighted by molar-refractivity contribution is 0.0844. The SMILES string of the molecule is COc1cc(C(=O)NNC(=O)c2cn3ccc(C)cc3n2)ccc1OCCC(C)C. The molecule has 0 fully saturated rings. The number of nitrogens with zero attached hydrogens (tertiary/aromatic N) is 2. The van der Waals surface area contributed by atoms with Gasteiger partial charge in [-0.25, -0.2) is 4.98 Å². The molecule has 2 aromatic heterocycles. The molecule has 8 heteroatoms. The maximum atomic E-state index is 12.4. The lowest BCUT2D eigenvalue weighted by Gasteiger charge is -2.13. The lowest BCUT2D eigenvalue weighted by atomic mass is 10.1. The van der Waals surface area contributed by atoms with Crippen LogP contribution >= 0.6 is 0 Å². The number of aryl methyl sites for hydroxylation is 1. The third-order valence-corrected chi connectivity index (χ3v) is 4.52. The number of aromatic nitrogens is 2. The number of hydrazine groups is 1. The van der Waals surface area contributed by atoms with E-state index in [1.807, 2.05) is 25.3 Å². The van der Waals surface area contributed by atoms with E-state index in [9.17, 15) is 9.59 Å². The van der Waals surface area contributed by atoms with E-state index >= 15 is 0 Å². The van der Waals surface area contributed by atoms with Crippen LogP contribution in [0.15, 0.2) is 42.7 Å². The van der Waals surface area contributed by atoms with E-state index in [4.69, 9.17) is 9.47 Å². The van der Waals surface area contributed by atoms with Gasteiger partial charge in [0.1, 0.15) is 11.3 Å². The molecule has 2 N–H and O–H groups in total. The fraction of sp³-hybridized carbons (Fsp3) is 0.318. The third-order valence-electron chi connectivity index (χ3n) is 4.52. The van der Waals surface area contributed by atoms with Crippen molar-refractivity contribution in [2.75, 3.05) is 13.7 Å². The smallest absolute Gasteiger partial charge is 0.289 e. The number of pyridine rings is 1. The van der Waals surface area contributed by atoms with E-state index in [-0.39, 0.29) is 5.69 Å². The van der Waals surface area contributed by atoms with Crippen LogP contribution in [0.3, 0.4) is 0 Å². The second-order valence-corrected chi connectivity index (χ2v) is 7.40. The summed E-state index contributed by atoms with van der Waals surface area (Å²) in [4.78, 5) is 29.0. The molecule has 8 nitrogen and oxygen atoms in total. The molecule has 0 saturated heterocycles.